The summed E-state index contributed by atoms with van der Waals surface area (Å²) in [5.74, 6) is 0.660. The molecule has 20 heavy (non-hydrogen) atoms. The molecule has 2 rings (SSSR count). The minimum atomic E-state index is -0.531. The number of halogens is 1. The summed E-state index contributed by atoms with van der Waals surface area (Å²) < 4.78 is 0. The van der Waals surface area contributed by atoms with Gasteiger partial charge in [0.25, 0.3) is 5.91 Å². The topological polar surface area (TPSA) is 106 Å². The maximum atomic E-state index is 10.9. The Balaban J connectivity index is 0.00000200. The fourth-order valence-electron chi connectivity index (χ4n) is 1.84. The van der Waals surface area contributed by atoms with Crippen molar-refractivity contribution in [2.75, 3.05) is 6.54 Å². The van der Waals surface area contributed by atoms with Gasteiger partial charge in [-0.25, -0.2) is 4.99 Å². The van der Waals surface area contributed by atoms with Crippen molar-refractivity contribution in [2.24, 2.45) is 22.4 Å². The molecule has 7 heteroatoms. The van der Waals surface area contributed by atoms with Gasteiger partial charge in [0.1, 0.15) is 5.69 Å². The lowest BCUT2D eigenvalue weighted by Crippen LogP contribution is -2.37. The standard InChI is InChI=1S/C13H19N5O.HI/c14-12(19)11-5-4-10(7-16-11)8-18-13(15)17-6-9-2-1-3-9;/h4-5,7,9H,1-3,6,8H2,(H2,14,19)(H3,15,17,18);1H. The summed E-state index contributed by atoms with van der Waals surface area (Å²) in [6.07, 6.45) is 5.46. The fourth-order valence-corrected chi connectivity index (χ4v) is 1.84. The maximum Gasteiger partial charge on any atom is 0.267 e. The first-order valence-electron chi connectivity index (χ1n) is 6.43. The molecule has 1 heterocycles. The second-order valence-electron chi connectivity index (χ2n) is 4.80. The summed E-state index contributed by atoms with van der Waals surface area (Å²) in [6.45, 7) is 1.34. The number of rotatable bonds is 5. The second-order valence-corrected chi connectivity index (χ2v) is 4.80. The van der Waals surface area contributed by atoms with Gasteiger partial charge in [-0.1, -0.05) is 12.5 Å². The van der Waals surface area contributed by atoms with Crippen LogP contribution in [0.5, 0.6) is 0 Å². The molecule has 0 bridgehead atoms. The highest BCUT2D eigenvalue weighted by atomic mass is 127. The van der Waals surface area contributed by atoms with Gasteiger partial charge < -0.3 is 16.8 Å². The molecule has 0 aromatic carbocycles. The van der Waals surface area contributed by atoms with Gasteiger partial charge in [0.2, 0.25) is 0 Å². The van der Waals surface area contributed by atoms with Crippen LogP contribution in [0.3, 0.4) is 0 Å². The van der Waals surface area contributed by atoms with E-state index in [9.17, 15) is 4.79 Å². The van der Waals surface area contributed by atoms with E-state index in [1.807, 2.05) is 0 Å². The third kappa shape index (κ3) is 4.95. The third-order valence-corrected chi connectivity index (χ3v) is 3.31. The number of guanidine groups is 1. The Labute approximate surface area is 135 Å². The Bertz CT molecular complexity index is 470. The lowest BCUT2D eigenvalue weighted by Gasteiger charge is -2.25. The Morgan fingerprint density at radius 2 is 2.15 bits per heavy atom. The molecule has 0 unspecified atom stereocenters. The smallest absolute Gasteiger partial charge is 0.267 e. The van der Waals surface area contributed by atoms with Gasteiger partial charge >= 0.3 is 0 Å². The van der Waals surface area contributed by atoms with Crippen molar-refractivity contribution in [1.82, 2.24) is 10.3 Å². The van der Waals surface area contributed by atoms with Crippen LogP contribution in [0.1, 0.15) is 35.3 Å². The van der Waals surface area contributed by atoms with Crippen molar-refractivity contribution in [2.45, 2.75) is 25.8 Å². The molecule has 0 spiro atoms. The Morgan fingerprint density at radius 1 is 1.40 bits per heavy atom. The Hall–Kier alpha value is -1.38. The number of nitrogens with zero attached hydrogens (tertiary/aromatic N) is 2. The van der Waals surface area contributed by atoms with Crippen molar-refractivity contribution in [3.05, 3.63) is 29.6 Å². The van der Waals surface area contributed by atoms with Crippen molar-refractivity contribution in [1.29, 1.82) is 0 Å². The number of carbonyl (C=O) groups excluding carboxylic acids is 1. The molecule has 0 atom stereocenters. The van der Waals surface area contributed by atoms with Gasteiger partial charge in [-0.2, -0.15) is 0 Å². The normalized spacial score (nSPS) is 15.1. The number of carbonyl (C=O) groups is 1. The first-order chi connectivity index (χ1) is 9.15. The second kappa shape index (κ2) is 8.03. The van der Waals surface area contributed by atoms with Crippen molar-refractivity contribution in [3.8, 4) is 0 Å². The summed E-state index contributed by atoms with van der Waals surface area (Å²) in [6, 6.07) is 3.36. The molecule has 6 nitrogen and oxygen atoms in total. The molecule has 1 amide bonds. The van der Waals surface area contributed by atoms with Gasteiger partial charge in [-0.15, -0.1) is 24.0 Å². The lowest BCUT2D eigenvalue weighted by atomic mass is 9.85. The van der Waals surface area contributed by atoms with Crippen LogP contribution in [0.15, 0.2) is 23.3 Å². The van der Waals surface area contributed by atoms with Crippen LogP contribution >= 0.6 is 24.0 Å². The zero-order chi connectivity index (χ0) is 13.7. The average molecular weight is 389 g/mol. The molecule has 0 aliphatic heterocycles. The minimum absolute atomic E-state index is 0. The first kappa shape index (κ1) is 16.7. The number of aromatic nitrogens is 1. The number of hydrogen-bond acceptors (Lipinski definition) is 3. The molecule has 1 aliphatic rings. The molecular formula is C13H20IN5O. The maximum absolute atomic E-state index is 10.9. The van der Waals surface area contributed by atoms with Crippen molar-refractivity contribution < 1.29 is 4.79 Å². The minimum Gasteiger partial charge on any atom is -0.370 e. The van der Waals surface area contributed by atoms with Gasteiger partial charge in [0, 0.05) is 12.7 Å². The highest BCUT2D eigenvalue weighted by Crippen LogP contribution is 2.24. The van der Waals surface area contributed by atoms with Crippen molar-refractivity contribution in [3.63, 3.8) is 0 Å². The zero-order valence-corrected chi connectivity index (χ0v) is 13.5. The average Bonchev–Trinajstić information content (AvgIpc) is 2.35. The number of amides is 1. The van der Waals surface area contributed by atoms with E-state index in [1.165, 1.54) is 19.3 Å². The molecule has 0 saturated heterocycles. The van der Waals surface area contributed by atoms with E-state index in [0.717, 1.165) is 18.0 Å². The summed E-state index contributed by atoms with van der Waals surface area (Å²) in [7, 11) is 0. The van der Waals surface area contributed by atoms with Crippen LogP contribution in [-0.4, -0.2) is 23.4 Å². The van der Waals surface area contributed by atoms with E-state index < -0.39 is 5.91 Å². The highest BCUT2D eigenvalue weighted by Gasteiger charge is 2.16. The molecule has 1 aliphatic carbocycles. The number of nitrogens with one attached hydrogen (secondary N) is 1. The van der Waals surface area contributed by atoms with Crippen molar-refractivity contribution >= 4 is 35.8 Å². The van der Waals surface area contributed by atoms with Crippen LogP contribution in [0.25, 0.3) is 0 Å². The van der Waals surface area contributed by atoms with Gasteiger partial charge in [0.15, 0.2) is 5.96 Å². The molecule has 1 aromatic rings. The van der Waals surface area contributed by atoms with E-state index in [4.69, 9.17) is 11.5 Å². The molecule has 0 radical (unpaired) electrons. The lowest BCUT2D eigenvalue weighted by molar-refractivity contribution is 0.0995. The zero-order valence-electron chi connectivity index (χ0n) is 11.2. The van der Waals surface area contributed by atoms with Crippen LogP contribution in [0.4, 0.5) is 0 Å². The van der Waals surface area contributed by atoms with E-state index in [-0.39, 0.29) is 29.7 Å². The predicted molar refractivity (Wildman–Crippen MR) is 88.8 cm³/mol. The van der Waals surface area contributed by atoms with E-state index in [0.29, 0.717) is 12.5 Å². The summed E-state index contributed by atoms with van der Waals surface area (Å²) in [5.41, 5.74) is 12.0. The number of nitrogens with two attached hydrogens (primary N) is 2. The molecule has 1 saturated carbocycles. The number of primary amides is 1. The van der Waals surface area contributed by atoms with Gasteiger partial charge in [0.05, 0.1) is 6.54 Å². The molecule has 1 aromatic heterocycles. The monoisotopic (exact) mass is 389 g/mol. The first-order valence-corrected chi connectivity index (χ1v) is 6.43. The van der Waals surface area contributed by atoms with E-state index in [2.05, 4.69) is 15.3 Å². The molecule has 5 N–H and O–H groups in total. The summed E-state index contributed by atoms with van der Waals surface area (Å²) >= 11 is 0. The van der Waals surface area contributed by atoms with Gasteiger partial charge in [-0.3, -0.25) is 9.78 Å². The molecular weight excluding hydrogens is 369 g/mol. The van der Waals surface area contributed by atoms with Crippen LogP contribution in [0.2, 0.25) is 0 Å². The molecule has 1 fully saturated rings. The highest BCUT2D eigenvalue weighted by molar-refractivity contribution is 14.0. The fraction of sp³-hybridized carbons (Fsp3) is 0.462. The summed E-state index contributed by atoms with van der Waals surface area (Å²) in [5, 5.41) is 3.12. The van der Waals surface area contributed by atoms with Crippen LogP contribution < -0.4 is 16.8 Å². The largest absolute Gasteiger partial charge is 0.370 e. The third-order valence-electron chi connectivity index (χ3n) is 3.31. The SMILES string of the molecule is I.NC(=O)c1ccc(CN=C(N)NCC2CCC2)cn1. The van der Waals surface area contributed by atoms with E-state index >= 15 is 0 Å². The van der Waals surface area contributed by atoms with E-state index in [1.54, 1.807) is 18.3 Å². The molecule has 110 valence electrons. The predicted octanol–water partition coefficient (Wildman–Crippen LogP) is 1.00. The number of pyridine rings is 1. The van der Waals surface area contributed by atoms with Crippen LogP contribution in [-0.2, 0) is 6.54 Å². The quantitative estimate of drug-likeness (QED) is 0.397. The van der Waals surface area contributed by atoms with Gasteiger partial charge in [-0.05, 0) is 30.4 Å². The van der Waals surface area contributed by atoms with Crippen LogP contribution in [0, 0.1) is 5.92 Å². The summed E-state index contributed by atoms with van der Waals surface area (Å²) in [4.78, 5) is 19.0. The number of aliphatic imine (C=N–C) groups is 1. The Kier molecular flexibility index (Phi) is 6.69. The number of hydrogen-bond donors (Lipinski definition) is 3. The Morgan fingerprint density at radius 3 is 2.65 bits per heavy atom.